The lowest BCUT2D eigenvalue weighted by Crippen LogP contribution is -2.43. The Morgan fingerprint density at radius 1 is 1.04 bits per heavy atom. The maximum absolute atomic E-state index is 13.5. The number of hydrogen-bond donors (Lipinski definition) is 0. The number of nitrogens with zero attached hydrogens (tertiary/aromatic N) is 3. The smallest absolute Gasteiger partial charge is 0.257 e. The van der Waals surface area contributed by atoms with E-state index in [0.717, 1.165) is 42.9 Å². The Morgan fingerprint density at radius 2 is 1.76 bits per heavy atom. The topological polar surface area (TPSA) is 45.7 Å². The number of pyridine rings is 1. The molecular formula is C20H27N3O2. The van der Waals surface area contributed by atoms with Crippen molar-refractivity contribution in [2.75, 3.05) is 37.7 Å². The van der Waals surface area contributed by atoms with Crippen LogP contribution in [0.15, 0.2) is 18.3 Å². The van der Waals surface area contributed by atoms with Crippen molar-refractivity contribution in [3.8, 4) is 0 Å². The van der Waals surface area contributed by atoms with E-state index < -0.39 is 0 Å². The average molecular weight is 341 g/mol. The van der Waals surface area contributed by atoms with Gasteiger partial charge in [0.2, 0.25) is 0 Å². The molecule has 0 N–H and O–H groups in total. The lowest BCUT2D eigenvalue weighted by Gasteiger charge is -2.39. The predicted molar refractivity (Wildman–Crippen MR) is 95.6 cm³/mol. The summed E-state index contributed by atoms with van der Waals surface area (Å²) in [6.45, 7) is 4.00. The molecule has 0 aromatic carbocycles. The number of rotatable bonds is 2. The molecular weight excluding hydrogens is 314 g/mol. The lowest BCUT2D eigenvalue weighted by atomic mass is 9.68. The fourth-order valence-electron chi connectivity index (χ4n) is 5.78. The van der Waals surface area contributed by atoms with Crippen LogP contribution in [0.25, 0.3) is 0 Å². The molecule has 0 spiro atoms. The Labute approximate surface area is 149 Å². The molecule has 5 aliphatic rings. The molecule has 1 aromatic rings. The fraction of sp³-hybridized carbons (Fsp3) is 0.700. The van der Waals surface area contributed by atoms with Gasteiger partial charge in [-0.25, -0.2) is 4.98 Å². The Kier molecular flexibility index (Phi) is 3.92. The zero-order valence-electron chi connectivity index (χ0n) is 14.8. The second-order valence-corrected chi connectivity index (χ2v) is 8.36. The highest BCUT2D eigenvalue weighted by atomic mass is 16.5. The second-order valence-electron chi connectivity index (χ2n) is 8.36. The van der Waals surface area contributed by atoms with Gasteiger partial charge >= 0.3 is 0 Å². The van der Waals surface area contributed by atoms with E-state index in [4.69, 9.17) is 4.74 Å². The van der Waals surface area contributed by atoms with E-state index in [2.05, 4.69) is 14.8 Å². The van der Waals surface area contributed by atoms with Gasteiger partial charge in [-0.05, 0) is 62.0 Å². The molecule has 4 atom stereocenters. The van der Waals surface area contributed by atoms with Crippen LogP contribution in [0, 0.1) is 17.8 Å². The SMILES string of the molecule is O=C(c1cccnc1N1CCOCC1)N1CC2C[C@@H]3CC1C[C@H](C2)C3. The molecule has 6 rings (SSSR count). The van der Waals surface area contributed by atoms with Crippen molar-refractivity contribution in [2.24, 2.45) is 17.8 Å². The molecule has 5 fully saturated rings. The van der Waals surface area contributed by atoms with Crippen LogP contribution in [0.2, 0.25) is 0 Å². The van der Waals surface area contributed by atoms with Crippen molar-refractivity contribution < 1.29 is 9.53 Å². The van der Waals surface area contributed by atoms with Crippen molar-refractivity contribution >= 4 is 11.7 Å². The van der Waals surface area contributed by atoms with Crippen LogP contribution in [-0.2, 0) is 4.74 Å². The first-order chi connectivity index (χ1) is 12.3. The monoisotopic (exact) mass is 341 g/mol. The molecule has 0 radical (unpaired) electrons. The Bertz CT molecular complexity index is 644. The number of carbonyl (C=O) groups excluding carboxylic acids is 1. The van der Waals surface area contributed by atoms with Crippen molar-refractivity contribution in [2.45, 2.75) is 38.1 Å². The van der Waals surface area contributed by atoms with Gasteiger partial charge in [0, 0.05) is 31.9 Å². The van der Waals surface area contributed by atoms with Gasteiger partial charge in [-0.1, -0.05) is 0 Å². The van der Waals surface area contributed by atoms with Crippen LogP contribution in [-0.4, -0.2) is 54.7 Å². The Balaban J connectivity index is 1.44. The summed E-state index contributed by atoms with van der Waals surface area (Å²) in [5.74, 6) is 3.47. The van der Waals surface area contributed by atoms with Crippen molar-refractivity contribution in [1.82, 2.24) is 9.88 Å². The molecule has 1 aromatic heterocycles. The van der Waals surface area contributed by atoms with Gasteiger partial charge in [0.25, 0.3) is 5.91 Å². The quantitative estimate of drug-likeness (QED) is 0.829. The van der Waals surface area contributed by atoms with Gasteiger partial charge < -0.3 is 14.5 Å². The molecule has 5 nitrogen and oxygen atoms in total. The number of fused-ring (bicyclic) bond motifs is 1. The van der Waals surface area contributed by atoms with E-state index in [1.807, 2.05) is 12.1 Å². The molecule has 1 amide bonds. The summed E-state index contributed by atoms with van der Waals surface area (Å²) in [4.78, 5) is 22.5. The van der Waals surface area contributed by atoms with Crippen molar-refractivity contribution in [1.29, 1.82) is 0 Å². The average Bonchev–Trinajstić information content (AvgIpc) is 2.85. The number of hydrogen-bond acceptors (Lipinski definition) is 4. The lowest BCUT2D eigenvalue weighted by molar-refractivity contribution is 0.0632. The Hall–Kier alpha value is -1.62. The predicted octanol–water partition coefficient (Wildman–Crippen LogP) is 2.57. The third kappa shape index (κ3) is 2.82. The second kappa shape index (κ2) is 6.27. The minimum absolute atomic E-state index is 0.202. The highest BCUT2D eigenvalue weighted by Crippen LogP contribution is 2.47. The van der Waals surface area contributed by atoms with Gasteiger partial charge in [0.05, 0.1) is 18.8 Å². The molecule has 4 heterocycles. The van der Waals surface area contributed by atoms with Gasteiger partial charge in [0.1, 0.15) is 5.82 Å². The van der Waals surface area contributed by atoms with E-state index in [0.29, 0.717) is 25.2 Å². The number of anilines is 1. The van der Waals surface area contributed by atoms with Crippen LogP contribution < -0.4 is 4.90 Å². The van der Waals surface area contributed by atoms with Crippen molar-refractivity contribution in [3.63, 3.8) is 0 Å². The molecule has 134 valence electrons. The molecule has 5 heteroatoms. The van der Waals surface area contributed by atoms with Gasteiger partial charge in [-0.3, -0.25) is 4.79 Å². The summed E-state index contributed by atoms with van der Waals surface area (Å²) >= 11 is 0. The first kappa shape index (κ1) is 15.6. The third-order valence-electron chi connectivity index (χ3n) is 6.70. The highest BCUT2D eigenvalue weighted by Gasteiger charge is 2.44. The van der Waals surface area contributed by atoms with E-state index in [9.17, 15) is 4.79 Å². The summed E-state index contributed by atoms with van der Waals surface area (Å²) in [7, 11) is 0. The molecule has 2 aliphatic carbocycles. The summed E-state index contributed by atoms with van der Waals surface area (Å²) in [5.41, 5.74) is 0.783. The van der Waals surface area contributed by atoms with Gasteiger partial charge in [-0.15, -0.1) is 0 Å². The maximum Gasteiger partial charge on any atom is 0.257 e. The van der Waals surface area contributed by atoms with E-state index in [1.54, 1.807) is 6.20 Å². The minimum Gasteiger partial charge on any atom is -0.378 e. The number of amides is 1. The summed E-state index contributed by atoms with van der Waals surface area (Å²) in [6.07, 6.45) is 8.30. The molecule has 4 bridgehead atoms. The van der Waals surface area contributed by atoms with Crippen LogP contribution in [0.3, 0.4) is 0 Å². The van der Waals surface area contributed by atoms with E-state index in [1.165, 1.54) is 32.1 Å². The summed E-state index contributed by atoms with van der Waals surface area (Å²) < 4.78 is 5.46. The normalized spacial score (nSPS) is 34.2. The maximum atomic E-state index is 13.5. The fourth-order valence-corrected chi connectivity index (χ4v) is 5.78. The highest BCUT2D eigenvalue weighted by molar-refractivity contribution is 5.99. The summed E-state index contributed by atoms with van der Waals surface area (Å²) in [5, 5.41) is 0. The van der Waals surface area contributed by atoms with E-state index >= 15 is 0 Å². The molecule has 3 aliphatic heterocycles. The van der Waals surface area contributed by atoms with Gasteiger partial charge in [-0.2, -0.15) is 0 Å². The third-order valence-corrected chi connectivity index (χ3v) is 6.70. The molecule has 25 heavy (non-hydrogen) atoms. The number of morpholine rings is 1. The minimum atomic E-state index is 0.202. The van der Waals surface area contributed by atoms with Gasteiger partial charge in [0.15, 0.2) is 0 Å². The van der Waals surface area contributed by atoms with Crippen LogP contribution >= 0.6 is 0 Å². The molecule has 2 saturated carbocycles. The first-order valence-electron chi connectivity index (χ1n) is 9.86. The van der Waals surface area contributed by atoms with Crippen LogP contribution in [0.1, 0.15) is 42.5 Å². The standard InChI is InChI=1S/C20H27N3O2/c24-20(18-2-1-3-21-19(18)22-4-6-25-7-5-22)23-13-16-9-14-8-15(10-16)12-17(23)11-14/h1-3,14-17H,4-13H2/t14-,15+,16?,17?. The van der Waals surface area contributed by atoms with E-state index in [-0.39, 0.29) is 5.91 Å². The number of ether oxygens (including phenoxy) is 1. The number of aromatic nitrogens is 1. The molecule has 3 saturated heterocycles. The van der Waals surface area contributed by atoms with Crippen LogP contribution in [0.5, 0.6) is 0 Å². The Morgan fingerprint density at radius 3 is 2.52 bits per heavy atom. The zero-order valence-corrected chi connectivity index (χ0v) is 14.8. The van der Waals surface area contributed by atoms with Crippen LogP contribution in [0.4, 0.5) is 5.82 Å². The summed E-state index contributed by atoms with van der Waals surface area (Å²) in [6, 6.07) is 4.32. The van der Waals surface area contributed by atoms with Crippen molar-refractivity contribution in [3.05, 3.63) is 23.9 Å². The largest absolute Gasteiger partial charge is 0.378 e. The number of carbonyl (C=O) groups is 1. The molecule has 2 unspecified atom stereocenters. The zero-order chi connectivity index (χ0) is 16.8. The first-order valence-corrected chi connectivity index (χ1v) is 9.86.